The summed E-state index contributed by atoms with van der Waals surface area (Å²) in [5.41, 5.74) is 6.99. The van der Waals surface area contributed by atoms with E-state index < -0.39 is 0 Å². The van der Waals surface area contributed by atoms with E-state index in [1.165, 1.54) is 0 Å². The summed E-state index contributed by atoms with van der Waals surface area (Å²) in [5, 5.41) is 3.08. The van der Waals surface area contributed by atoms with Crippen molar-refractivity contribution >= 4 is 5.96 Å². The summed E-state index contributed by atoms with van der Waals surface area (Å²) in [6, 6.07) is 6.11. The molecule has 0 aliphatic carbocycles. The molecule has 0 heterocycles. The van der Waals surface area contributed by atoms with Gasteiger partial charge in [-0.05, 0) is 44.9 Å². The molecule has 0 radical (unpaired) electrons. The van der Waals surface area contributed by atoms with Crippen LogP contribution in [0.5, 0.6) is 11.5 Å². The molecule has 0 aromatic heterocycles. The van der Waals surface area contributed by atoms with Crippen molar-refractivity contribution in [2.45, 2.75) is 33.2 Å². The molecule has 0 bridgehead atoms. The number of hydrogen-bond acceptors (Lipinski definition) is 4. The molecule has 1 rings (SSSR count). The summed E-state index contributed by atoms with van der Waals surface area (Å²) >= 11 is 0. The molecule has 1 unspecified atom stereocenters. The van der Waals surface area contributed by atoms with E-state index in [0.717, 1.165) is 23.5 Å². The van der Waals surface area contributed by atoms with Gasteiger partial charge in [0.2, 0.25) is 0 Å². The van der Waals surface area contributed by atoms with E-state index in [0.29, 0.717) is 32.3 Å². The fourth-order valence-corrected chi connectivity index (χ4v) is 2.15. The number of benzene rings is 1. The second-order valence-corrected chi connectivity index (χ2v) is 5.16. The molecule has 0 amide bonds. The minimum Gasteiger partial charge on any atom is -0.490 e. The van der Waals surface area contributed by atoms with Gasteiger partial charge in [0, 0.05) is 19.7 Å². The highest BCUT2D eigenvalue weighted by molar-refractivity contribution is 5.78. The summed E-state index contributed by atoms with van der Waals surface area (Å²) in [5.74, 6) is 1.98. The van der Waals surface area contributed by atoms with E-state index in [1.807, 2.05) is 39.0 Å². The van der Waals surface area contributed by atoms with E-state index in [2.05, 4.69) is 10.3 Å². The van der Waals surface area contributed by atoms with Crippen molar-refractivity contribution in [1.82, 2.24) is 5.32 Å². The Morgan fingerprint density at radius 3 is 2.57 bits per heavy atom. The van der Waals surface area contributed by atoms with Gasteiger partial charge >= 0.3 is 0 Å². The van der Waals surface area contributed by atoms with Crippen molar-refractivity contribution < 1.29 is 14.2 Å². The normalized spacial score (nSPS) is 12.8. The zero-order chi connectivity index (χ0) is 17.1. The number of rotatable bonds is 10. The molecule has 130 valence electrons. The molecule has 23 heavy (non-hydrogen) atoms. The third-order valence-corrected chi connectivity index (χ3v) is 3.10. The molecule has 0 aliphatic heterocycles. The Hall–Kier alpha value is -1.95. The maximum Gasteiger partial charge on any atom is 0.188 e. The first-order valence-corrected chi connectivity index (χ1v) is 8.04. The van der Waals surface area contributed by atoms with Crippen molar-refractivity contribution in [3.8, 4) is 11.5 Å². The van der Waals surface area contributed by atoms with Crippen molar-refractivity contribution in [1.29, 1.82) is 0 Å². The molecule has 0 fully saturated rings. The minimum absolute atomic E-state index is 0.138. The number of nitrogens with two attached hydrogens (primary N) is 1. The average Bonchev–Trinajstić information content (AvgIpc) is 2.50. The molecular formula is C17H29N3O3. The maximum atomic E-state index is 5.85. The van der Waals surface area contributed by atoms with Crippen molar-refractivity contribution in [3.05, 3.63) is 23.8 Å². The number of guanidine groups is 1. The van der Waals surface area contributed by atoms with Crippen LogP contribution in [0.2, 0.25) is 0 Å². The van der Waals surface area contributed by atoms with Crippen LogP contribution in [0.1, 0.15) is 26.3 Å². The highest BCUT2D eigenvalue weighted by atomic mass is 16.5. The van der Waals surface area contributed by atoms with E-state index >= 15 is 0 Å². The van der Waals surface area contributed by atoms with E-state index in [1.54, 1.807) is 7.11 Å². The number of aliphatic imine (C=N–C) groups is 1. The van der Waals surface area contributed by atoms with Crippen LogP contribution >= 0.6 is 0 Å². The molecule has 1 atom stereocenters. The fourth-order valence-electron chi connectivity index (χ4n) is 2.15. The van der Waals surface area contributed by atoms with Crippen molar-refractivity contribution in [2.24, 2.45) is 10.7 Å². The first kappa shape index (κ1) is 19.1. The SMILES string of the molecule is CCOc1ccc(CCN=C(N)NC(C)COC)cc1OCC. The van der Waals surface area contributed by atoms with Gasteiger partial charge in [0.1, 0.15) is 0 Å². The van der Waals surface area contributed by atoms with Crippen LogP contribution in [0.3, 0.4) is 0 Å². The van der Waals surface area contributed by atoms with Gasteiger partial charge < -0.3 is 25.3 Å². The van der Waals surface area contributed by atoms with Gasteiger partial charge in [-0.1, -0.05) is 6.07 Å². The predicted octanol–water partition coefficient (Wildman–Crippen LogP) is 1.97. The molecule has 3 N–H and O–H groups in total. The number of nitrogens with one attached hydrogen (secondary N) is 1. The Bertz CT molecular complexity index is 492. The predicted molar refractivity (Wildman–Crippen MR) is 93.4 cm³/mol. The smallest absolute Gasteiger partial charge is 0.188 e. The topological polar surface area (TPSA) is 78.1 Å². The first-order valence-electron chi connectivity index (χ1n) is 8.04. The third-order valence-electron chi connectivity index (χ3n) is 3.10. The van der Waals surface area contributed by atoms with Crippen LogP contribution < -0.4 is 20.5 Å². The molecule has 1 aromatic rings. The molecule has 6 nitrogen and oxygen atoms in total. The molecule has 0 spiro atoms. The highest BCUT2D eigenvalue weighted by Crippen LogP contribution is 2.28. The molecule has 0 aliphatic rings. The van der Waals surface area contributed by atoms with Crippen LogP contribution in [0, 0.1) is 0 Å². The van der Waals surface area contributed by atoms with Crippen LogP contribution in [0.15, 0.2) is 23.2 Å². The Kier molecular flexibility index (Phi) is 8.90. The molecule has 0 saturated heterocycles. The van der Waals surface area contributed by atoms with Crippen LogP contribution in [-0.2, 0) is 11.2 Å². The average molecular weight is 323 g/mol. The van der Waals surface area contributed by atoms with Gasteiger partial charge in [0.25, 0.3) is 0 Å². The maximum absolute atomic E-state index is 5.85. The number of hydrogen-bond donors (Lipinski definition) is 2. The Balaban J connectivity index is 2.58. The van der Waals surface area contributed by atoms with E-state index in [-0.39, 0.29) is 6.04 Å². The lowest BCUT2D eigenvalue weighted by molar-refractivity contribution is 0.179. The largest absolute Gasteiger partial charge is 0.490 e. The Morgan fingerprint density at radius 1 is 1.22 bits per heavy atom. The summed E-state index contributed by atoms with van der Waals surface area (Å²) in [6.07, 6.45) is 0.785. The lowest BCUT2D eigenvalue weighted by Crippen LogP contribution is -2.40. The number of ether oxygens (including phenoxy) is 3. The minimum atomic E-state index is 0.138. The summed E-state index contributed by atoms with van der Waals surface area (Å²) < 4.78 is 16.2. The monoisotopic (exact) mass is 323 g/mol. The lowest BCUT2D eigenvalue weighted by atomic mass is 10.1. The van der Waals surface area contributed by atoms with Gasteiger partial charge in [-0.2, -0.15) is 0 Å². The van der Waals surface area contributed by atoms with Crippen molar-refractivity contribution in [3.63, 3.8) is 0 Å². The standard InChI is InChI=1S/C17H29N3O3/c1-5-22-15-8-7-14(11-16(15)23-6-2)9-10-19-17(18)20-13(3)12-21-4/h7-8,11,13H,5-6,9-10,12H2,1-4H3,(H3,18,19,20). The summed E-state index contributed by atoms with van der Waals surface area (Å²) in [7, 11) is 1.66. The van der Waals surface area contributed by atoms with Crippen LogP contribution in [-0.4, -0.2) is 45.5 Å². The first-order chi connectivity index (χ1) is 11.1. The van der Waals surface area contributed by atoms with Gasteiger partial charge in [-0.3, -0.25) is 4.99 Å². The zero-order valence-electron chi connectivity index (χ0n) is 14.6. The summed E-state index contributed by atoms with van der Waals surface area (Å²) in [4.78, 5) is 4.33. The second-order valence-electron chi connectivity index (χ2n) is 5.16. The number of methoxy groups -OCH3 is 1. The Labute approximate surface area is 139 Å². The van der Waals surface area contributed by atoms with Gasteiger partial charge in [0.05, 0.1) is 19.8 Å². The molecule has 6 heteroatoms. The lowest BCUT2D eigenvalue weighted by Gasteiger charge is -2.13. The fraction of sp³-hybridized carbons (Fsp3) is 0.588. The molecule has 1 aromatic carbocycles. The van der Waals surface area contributed by atoms with Gasteiger partial charge in [-0.15, -0.1) is 0 Å². The summed E-state index contributed by atoms with van der Waals surface area (Å²) in [6.45, 7) is 8.33. The Morgan fingerprint density at radius 2 is 1.91 bits per heavy atom. The zero-order valence-corrected chi connectivity index (χ0v) is 14.6. The van der Waals surface area contributed by atoms with E-state index in [4.69, 9.17) is 19.9 Å². The molecule has 0 saturated carbocycles. The van der Waals surface area contributed by atoms with E-state index in [9.17, 15) is 0 Å². The third kappa shape index (κ3) is 7.23. The van der Waals surface area contributed by atoms with Crippen LogP contribution in [0.25, 0.3) is 0 Å². The highest BCUT2D eigenvalue weighted by Gasteiger charge is 2.06. The van der Waals surface area contributed by atoms with Gasteiger partial charge in [0.15, 0.2) is 17.5 Å². The van der Waals surface area contributed by atoms with Crippen LogP contribution in [0.4, 0.5) is 0 Å². The van der Waals surface area contributed by atoms with Gasteiger partial charge in [-0.25, -0.2) is 0 Å². The second kappa shape index (κ2) is 10.7. The van der Waals surface area contributed by atoms with Crippen molar-refractivity contribution in [2.75, 3.05) is 33.5 Å². The quantitative estimate of drug-likeness (QED) is 0.508. The molecular weight excluding hydrogens is 294 g/mol. The number of nitrogens with zero attached hydrogens (tertiary/aromatic N) is 1.